The van der Waals surface area contributed by atoms with Gasteiger partial charge in [-0.15, -0.1) is 0 Å². The molecule has 0 saturated carbocycles. The Morgan fingerprint density at radius 3 is 2.48 bits per heavy atom. The van der Waals surface area contributed by atoms with Crippen molar-refractivity contribution in [2.45, 2.75) is 32.3 Å². The van der Waals surface area contributed by atoms with Crippen LogP contribution in [0.4, 0.5) is 4.79 Å². The molecule has 0 aliphatic carbocycles. The van der Waals surface area contributed by atoms with Crippen LogP contribution in [-0.2, 0) is 4.74 Å². The zero-order valence-corrected chi connectivity index (χ0v) is 14.4. The molecule has 0 aromatic heterocycles. The molecule has 0 radical (unpaired) electrons. The molecular weight excluding hydrogens is 332 g/mol. The molecule has 1 amide bonds. The number of likely N-dealkylation sites (tertiary alicyclic amines) is 1. The van der Waals surface area contributed by atoms with Crippen molar-refractivity contribution in [1.82, 2.24) is 4.90 Å². The van der Waals surface area contributed by atoms with Gasteiger partial charge in [-0.3, -0.25) is 0 Å². The third kappa shape index (κ3) is 4.20. The lowest BCUT2D eigenvalue weighted by Crippen LogP contribution is -2.35. The fourth-order valence-electron chi connectivity index (χ4n) is 2.67. The average molecular weight is 355 g/mol. The molecule has 1 aromatic rings. The van der Waals surface area contributed by atoms with Gasteiger partial charge in [0, 0.05) is 23.5 Å². The third-order valence-electron chi connectivity index (χ3n) is 3.69. The van der Waals surface area contributed by atoms with Crippen LogP contribution in [0.15, 0.2) is 28.7 Å². The van der Waals surface area contributed by atoms with E-state index in [-0.39, 0.29) is 17.9 Å². The molecule has 1 aliphatic rings. The summed E-state index contributed by atoms with van der Waals surface area (Å²) in [6, 6.07) is 8.24. The van der Waals surface area contributed by atoms with Crippen LogP contribution in [0, 0.1) is 5.92 Å². The SMILES string of the molecule is CC(C)(C)OC(=O)N1C[C@@H](CN)[C@H](c2ccc(Br)cc2)C1. The molecule has 1 saturated heterocycles. The first-order valence-electron chi connectivity index (χ1n) is 7.23. The molecule has 2 N–H and O–H groups in total. The van der Waals surface area contributed by atoms with E-state index >= 15 is 0 Å². The second kappa shape index (κ2) is 6.36. The highest BCUT2D eigenvalue weighted by atomic mass is 79.9. The highest BCUT2D eigenvalue weighted by Gasteiger charge is 2.37. The van der Waals surface area contributed by atoms with Crippen molar-refractivity contribution in [1.29, 1.82) is 0 Å². The van der Waals surface area contributed by atoms with Crippen LogP contribution in [-0.4, -0.2) is 36.2 Å². The monoisotopic (exact) mass is 354 g/mol. The first kappa shape index (κ1) is 16.3. The van der Waals surface area contributed by atoms with Gasteiger partial charge >= 0.3 is 6.09 Å². The van der Waals surface area contributed by atoms with Crippen LogP contribution < -0.4 is 5.73 Å². The number of ether oxygens (including phenoxy) is 1. The summed E-state index contributed by atoms with van der Waals surface area (Å²) < 4.78 is 6.51. The fourth-order valence-corrected chi connectivity index (χ4v) is 2.94. The Kier molecular flexibility index (Phi) is 4.94. The van der Waals surface area contributed by atoms with Crippen molar-refractivity contribution >= 4 is 22.0 Å². The zero-order chi connectivity index (χ0) is 15.6. The van der Waals surface area contributed by atoms with Crippen LogP contribution >= 0.6 is 15.9 Å². The summed E-state index contributed by atoms with van der Waals surface area (Å²) in [5, 5.41) is 0. The van der Waals surface area contributed by atoms with Crippen LogP contribution in [0.2, 0.25) is 0 Å². The summed E-state index contributed by atoms with van der Waals surface area (Å²) in [6.45, 7) is 7.54. The van der Waals surface area contributed by atoms with E-state index in [9.17, 15) is 4.79 Å². The molecule has 0 bridgehead atoms. The summed E-state index contributed by atoms with van der Waals surface area (Å²) >= 11 is 3.45. The minimum absolute atomic E-state index is 0.249. The molecule has 4 nitrogen and oxygen atoms in total. The molecule has 0 unspecified atom stereocenters. The number of nitrogens with two attached hydrogens (primary N) is 1. The van der Waals surface area contributed by atoms with Crippen molar-refractivity contribution in [3.8, 4) is 0 Å². The van der Waals surface area contributed by atoms with Gasteiger partial charge in [0.2, 0.25) is 0 Å². The van der Waals surface area contributed by atoms with Gasteiger partial charge in [0.05, 0.1) is 0 Å². The molecule has 2 atom stereocenters. The zero-order valence-electron chi connectivity index (χ0n) is 12.8. The van der Waals surface area contributed by atoms with E-state index < -0.39 is 5.60 Å². The van der Waals surface area contributed by atoms with Gasteiger partial charge in [0.1, 0.15) is 5.60 Å². The molecule has 1 heterocycles. The van der Waals surface area contributed by atoms with Gasteiger partial charge in [0.25, 0.3) is 0 Å². The Balaban J connectivity index is 2.10. The smallest absolute Gasteiger partial charge is 0.410 e. The molecule has 2 rings (SSSR count). The van der Waals surface area contributed by atoms with Gasteiger partial charge < -0.3 is 15.4 Å². The Hall–Kier alpha value is -1.07. The maximum Gasteiger partial charge on any atom is 0.410 e. The normalized spacial score (nSPS) is 22.4. The van der Waals surface area contributed by atoms with E-state index in [4.69, 9.17) is 10.5 Å². The Bertz CT molecular complexity index is 496. The van der Waals surface area contributed by atoms with Crippen LogP contribution in [0.5, 0.6) is 0 Å². The summed E-state index contributed by atoms with van der Waals surface area (Å²) in [4.78, 5) is 14.0. The Morgan fingerprint density at radius 2 is 1.95 bits per heavy atom. The van der Waals surface area contributed by atoms with Gasteiger partial charge in [-0.25, -0.2) is 4.79 Å². The molecule has 1 aromatic carbocycles. The van der Waals surface area contributed by atoms with Crippen LogP contribution in [0.1, 0.15) is 32.3 Å². The van der Waals surface area contributed by atoms with Crippen molar-refractivity contribution in [2.24, 2.45) is 11.7 Å². The summed E-state index contributed by atoms with van der Waals surface area (Å²) in [7, 11) is 0. The standard InChI is InChI=1S/C16H23BrN2O2/c1-16(2,3)21-15(20)19-9-12(8-18)14(10-19)11-4-6-13(17)7-5-11/h4-7,12,14H,8-10,18H2,1-3H3/t12-,14+/m1/s1. The van der Waals surface area contributed by atoms with E-state index in [0.717, 1.165) is 4.47 Å². The van der Waals surface area contributed by atoms with Gasteiger partial charge in [0.15, 0.2) is 0 Å². The number of halogens is 1. The number of amides is 1. The number of carbonyl (C=O) groups excluding carboxylic acids is 1. The van der Waals surface area contributed by atoms with Gasteiger partial charge in [-0.05, 0) is 50.9 Å². The minimum Gasteiger partial charge on any atom is -0.444 e. The molecule has 1 fully saturated rings. The Morgan fingerprint density at radius 1 is 1.33 bits per heavy atom. The predicted molar refractivity (Wildman–Crippen MR) is 87.2 cm³/mol. The molecule has 1 aliphatic heterocycles. The van der Waals surface area contributed by atoms with Gasteiger partial charge in [-0.1, -0.05) is 28.1 Å². The first-order chi connectivity index (χ1) is 9.80. The van der Waals surface area contributed by atoms with Crippen molar-refractivity contribution < 1.29 is 9.53 Å². The quantitative estimate of drug-likeness (QED) is 0.885. The first-order valence-corrected chi connectivity index (χ1v) is 8.03. The van der Waals surface area contributed by atoms with Crippen LogP contribution in [0.3, 0.4) is 0 Å². The second-order valence-electron chi connectivity index (χ2n) is 6.54. The van der Waals surface area contributed by atoms with Gasteiger partial charge in [-0.2, -0.15) is 0 Å². The predicted octanol–water partition coefficient (Wildman–Crippen LogP) is 3.36. The van der Waals surface area contributed by atoms with E-state index in [0.29, 0.717) is 19.6 Å². The third-order valence-corrected chi connectivity index (χ3v) is 4.22. The summed E-state index contributed by atoms with van der Waals surface area (Å²) in [5.74, 6) is 0.550. The highest BCUT2D eigenvalue weighted by molar-refractivity contribution is 9.10. The molecule has 0 spiro atoms. The van der Waals surface area contributed by atoms with E-state index in [2.05, 4.69) is 28.1 Å². The van der Waals surface area contributed by atoms with E-state index in [1.165, 1.54) is 5.56 Å². The van der Waals surface area contributed by atoms with Crippen molar-refractivity contribution in [2.75, 3.05) is 19.6 Å². The number of hydrogen-bond donors (Lipinski definition) is 1. The molecular formula is C16H23BrN2O2. The molecule has 116 valence electrons. The fraction of sp³-hybridized carbons (Fsp3) is 0.562. The highest BCUT2D eigenvalue weighted by Crippen LogP contribution is 2.33. The van der Waals surface area contributed by atoms with E-state index in [1.54, 1.807) is 4.90 Å². The van der Waals surface area contributed by atoms with Crippen LogP contribution in [0.25, 0.3) is 0 Å². The van der Waals surface area contributed by atoms with E-state index in [1.807, 2.05) is 32.9 Å². The lowest BCUT2D eigenvalue weighted by Gasteiger charge is -2.24. The average Bonchev–Trinajstić information content (AvgIpc) is 2.82. The lowest BCUT2D eigenvalue weighted by atomic mass is 9.89. The maximum absolute atomic E-state index is 12.2. The summed E-state index contributed by atoms with van der Waals surface area (Å²) in [5.41, 5.74) is 6.65. The topological polar surface area (TPSA) is 55.6 Å². The minimum atomic E-state index is -0.467. The number of rotatable bonds is 2. The number of nitrogens with zero attached hydrogens (tertiary/aromatic N) is 1. The van der Waals surface area contributed by atoms with Crippen molar-refractivity contribution in [3.05, 3.63) is 34.3 Å². The van der Waals surface area contributed by atoms with Crippen molar-refractivity contribution in [3.63, 3.8) is 0 Å². The largest absolute Gasteiger partial charge is 0.444 e. The second-order valence-corrected chi connectivity index (χ2v) is 7.45. The lowest BCUT2D eigenvalue weighted by molar-refractivity contribution is 0.0287. The maximum atomic E-state index is 12.2. The summed E-state index contributed by atoms with van der Waals surface area (Å²) in [6.07, 6.45) is -0.249. The number of hydrogen-bond acceptors (Lipinski definition) is 3. The number of carbonyl (C=O) groups is 1. The Labute approximate surface area is 134 Å². The molecule has 5 heteroatoms. The molecule has 21 heavy (non-hydrogen) atoms. The number of benzene rings is 1.